The fourth-order valence-electron chi connectivity index (χ4n) is 12.7. The molecule has 11 aromatic rings. The van der Waals surface area contributed by atoms with E-state index in [2.05, 4.69) is 343 Å². The first kappa shape index (κ1) is 85.2. The molecule has 0 bridgehead atoms. The zero-order valence-corrected chi connectivity index (χ0v) is 69.5. The third kappa shape index (κ3) is 22.2. The maximum absolute atomic E-state index is 4.44. The normalized spacial score (nSPS) is 12.0. The molecule has 1 aliphatic rings. The molecule has 10 aromatic heterocycles. The van der Waals surface area contributed by atoms with Crippen LogP contribution in [0.4, 0.5) is 0 Å². The number of pyridine rings is 3. The highest BCUT2D eigenvalue weighted by Gasteiger charge is 2.24. The molecule has 1 aromatic carbocycles. The second-order valence-electron chi connectivity index (χ2n) is 32.2. The summed E-state index contributed by atoms with van der Waals surface area (Å²) < 4.78 is 0. The van der Waals surface area contributed by atoms with Gasteiger partial charge in [-0.3, -0.25) is 15.0 Å². The lowest BCUT2D eigenvalue weighted by molar-refractivity contribution is 0.714. The van der Waals surface area contributed by atoms with Gasteiger partial charge < -0.3 is 0 Å². The number of rotatable bonds is 14. The monoisotopic (exact) mass is 1420 g/mol. The van der Waals surface area contributed by atoms with Gasteiger partial charge in [0.1, 0.15) is 0 Å². The van der Waals surface area contributed by atoms with Gasteiger partial charge in [-0.25, -0.2) is 0 Å². The first-order valence-corrected chi connectivity index (χ1v) is 38.7. The maximum Gasteiger partial charge on any atom is 0.0957 e. The Hall–Kier alpha value is -8.73. The van der Waals surface area contributed by atoms with E-state index in [-0.39, 0.29) is 0 Å². The number of aromatic nitrogens is 17. The molecule has 0 amide bonds. The second-order valence-corrected chi connectivity index (χ2v) is 32.2. The third-order valence-electron chi connectivity index (χ3n) is 18.7. The van der Waals surface area contributed by atoms with Gasteiger partial charge in [-0.2, -0.15) is 71.4 Å². The van der Waals surface area contributed by atoms with Crippen molar-refractivity contribution >= 4 is 43.4 Å². The highest BCUT2D eigenvalue weighted by molar-refractivity contribution is 5.88. The zero-order valence-electron chi connectivity index (χ0n) is 69.5. The van der Waals surface area contributed by atoms with Gasteiger partial charge in [0.2, 0.25) is 0 Å². The van der Waals surface area contributed by atoms with Gasteiger partial charge in [0.25, 0.3) is 0 Å². The van der Waals surface area contributed by atoms with Crippen molar-refractivity contribution in [1.29, 1.82) is 0 Å². The van der Waals surface area contributed by atoms with Crippen LogP contribution in [0, 0.1) is 13.8 Å². The van der Waals surface area contributed by atoms with Gasteiger partial charge in [0.15, 0.2) is 0 Å². The van der Waals surface area contributed by atoms with Crippen LogP contribution in [0.2, 0.25) is 0 Å². The van der Waals surface area contributed by atoms with Crippen molar-refractivity contribution in [2.45, 2.75) is 310 Å². The summed E-state index contributed by atoms with van der Waals surface area (Å²) in [5.74, 6) is 5.92. The number of nitrogens with zero attached hydrogens (tertiary/aromatic N) is 17. The topological polar surface area (TPSA) is 219 Å². The Morgan fingerprint density at radius 2 is 0.486 bits per heavy atom. The largest absolute Gasteiger partial charge is 0.264 e. The highest BCUT2D eigenvalue weighted by Crippen LogP contribution is 2.35. The summed E-state index contributed by atoms with van der Waals surface area (Å²) >= 11 is 0. The molecule has 0 spiro atoms. The Kier molecular flexibility index (Phi) is 32.1. The molecule has 12 rings (SSSR count). The van der Waals surface area contributed by atoms with Crippen LogP contribution in [0.1, 0.15) is 385 Å². The van der Waals surface area contributed by atoms with Gasteiger partial charge in [-0.1, -0.05) is 218 Å². The highest BCUT2D eigenvalue weighted by atomic mass is 15.1. The smallest absolute Gasteiger partial charge is 0.0957 e. The van der Waals surface area contributed by atoms with Crippen molar-refractivity contribution in [3.05, 3.63) is 193 Å². The molecule has 562 valence electrons. The Morgan fingerprint density at radius 1 is 0.229 bits per heavy atom. The first-order valence-electron chi connectivity index (χ1n) is 38.7. The van der Waals surface area contributed by atoms with Gasteiger partial charge >= 0.3 is 0 Å². The fraction of sp³-hybridized carbons (Fsp3) is 0.534. The molecule has 0 atom stereocenters. The van der Waals surface area contributed by atoms with Crippen LogP contribution >= 0.6 is 0 Å². The summed E-state index contributed by atoms with van der Waals surface area (Å²) in [6.45, 7) is 64.4. The minimum absolute atomic E-state index is 0.353. The lowest BCUT2D eigenvalue weighted by atomic mass is 9.97. The van der Waals surface area contributed by atoms with Gasteiger partial charge in [0, 0.05) is 57.1 Å². The van der Waals surface area contributed by atoms with Gasteiger partial charge in [-0.15, -0.1) is 0 Å². The molecule has 0 fully saturated rings. The van der Waals surface area contributed by atoms with E-state index >= 15 is 0 Å². The van der Waals surface area contributed by atoms with Crippen LogP contribution < -0.4 is 0 Å². The Bertz CT molecular complexity index is 3890. The van der Waals surface area contributed by atoms with Gasteiger partial charge in [-0.05, 0) is 181 Å². The van der Waals surface area contributed by atoms with Crippen LogP contribution in [0.25, 0.3) is 43.4 Å². The Labute approximate surface area is 629 Å². The van der Waals surface area contributed by atoms with E-state index < -0.39 is 0 Å². The molecular weight excluding hydrogens is 1300 g/mol. The number of fused-ring (bicyclic) bond motifs is 5. The summed E-state index contributed by atoms with van der Waals surface area (Å²) in [4.78, 5) is 13.1. The van der Waals surface area contributed by atoms with E-state index in [9.17, 15) is 0 Å². The van der Waals surface area contributed by atoms with Crippen LogP contribution in [0.15, 0.2) is 91.5 Å². The molecule has 10 heterocycles. The summed E-state index contributed by atoms with van der Waals surface area (Å²) in [5, 5.41) is 67.6. The molecule has 0 saturated carbocycles. The van der Waals surface area contributed by atoms with Crippen LogP contribution in [-0.4, -0.2) is 86.3 Å². The zero-order chi connectivity index (χ0) is 77.8. The van der Waals surface area contributed by atoms with Crippen molar-refractivity contribution in [1.82, 2.24) is 86.3 Å². The molecule has 17 heteroatoms. The molecule has 0 radical (unpaired) electrons. The number of benzene rings is 1. The van der Waals surface area contributed by atoms with Crippen LogP contribution in [0.5, 0.6) is 0 Å². The molecule has 17 nitrogen and oxygen atoms in total. The average molecular weight is 1420 g/mol. The van der Waals surface area contributed by atoms with Gasteiger partial charge in [0.05, 0.1) is 90.7 Å². The lowest BCUT2D eigenvalue weighted by Crippen LogP contribution is -2.08. The Morgan fingerprint density at radius 3 is 0.781 bits per heavy atom. The van der Waals surface area contributed by atoms with E-state index in [1.165, 1.54) is 69.1 Å². The predicted molar refractivity (Wildman–Crippen MR) is 436 cm³/mol. The molecule has 1 aliphatic carbocycles. The van der Waals surface area contributed by atoms with E-state index in [0.717, 1.165) is 95.5 Å². The minimum atomic E-state index is 0.353. The summed E-state index contributed by atoms with van der Waals surface area (Å²) in [6, 6.07) is 22.7. The van der Waals surface area contributed by atoms with Crippen LogP contribution in [0.3, 0.4) is 0 Å². The number of hydrogen-bond donors (Lipinski definition) is 0. The molecule has 0 N–H and O–H groups in total. The summed E-state index contributed by atoms with van der Waals surface area (Å²) in [6.07, 6.45) is 11.0. The predicted octanol–water partition coefficient (Wildman–Crippen LogP) is 23.0. The van der Waals surface area contributed by atoms with Crippen molar-refractivity contribution in [2.75, 3.05) is 0 Å². The van der Waals surface area contributed by atoms with E-state index in [1.54, 1.807) is 0 Å². The molecule has 0 saturated heterocycles. The quantitative estimate of drug-likeness (QED) is 0.0988. The Balaban J connectivity index is 0.000000192. The average Bonchev–Trinajstić information content (AvgIpc) is 1.80. The van der Waals surface area contributed by atoms with Crippen molar-refractivity contribution in [3.8, 4) is 0 Å². The van der Waals surface area contributed by atoms with Crippen molar-refractivity contribution < 1.29 is 0 Å². The summed E-state index contributed by atoms with van der Waals surface area (Å²) in [5.41, 5.74) is 22.8. The first-order chi connectivity index (χ1) is 49.6. The molecule has 0 unspecified atom stereocenters. The standard InChI is InChI=1S/C14H18N2.3C13H17N3.C13H20N2.C12H20N2.C10H16N2/c1-9(2)13-11-7-5-6-8-12(11)14(10(3)4)16-15-13;1-8(2)12-10-5-6-14-7-11(10)13(9(3)4)16-15-12;2*1-8(2)11-10-6-5-7-14-13(10)12(9(3)4)16-15-11;1-8(2)12-10-6-5-7-11(10)13(9(3)4)15-14-12;1-7(2)11-9(5)10(6)12(8(3)4)14-13-11;1-7(2)9-5-6-10(8(3)4)12-11-9/h5-10H,1-4H3;3*5-9H,1-4H3;8-9H,5-7H2,1-4H3;7-8H,1-6H3;5-8H,1-4H3. The SMILES string of the molecule is CC(C)c1ccc(C(C)C)nn1.CC(C)c1nnc(C(C)C)c2c1CCC2.CC(C)c1nnc(C(C)C)c2ccccc12.CC(C)c1nnc(C(C)C)c2cnccc12.CC(C)c1nnc(C(C)C)c2ncccc12.CC(C)c1nnc(C(C)C)c2ncccc12.Cc1c(C(C)C)nnc(C(C)C)c1C. The molecule has 0 aliphatic heterocycles. The lowest BCUT2D eigenvalue weighted by Gasteiger charge is -2.14. The molecule has 105 heavy (non-hydrogen) atoms. The second kappa shape index (κ2) is 39.6. The van der Waals surface area contributed by atoms with Crippen molar-refractivity contribution in [3.63, 3.8) is 0 Å². The van der Waals surface area contributed by atoms with Crippen molar-refractivity contribution in [2.24, 2.45) is 0 Å². The van der Waals surface area contributed by atoms with E-state index in [1.807, 2.05) is 43.0 Å². The molecular formula is C88H125N17. The number of hydrogen-bond acceptors (Lipinski definition) is 17. The summed E-state index contributed by atoms with van der Waals surface area (Å²) in [7, 11) is 0. The van der Waals surface area contributed by atoms with E-state index in [0.29, 0.717) is 82.9 Å². The van der Waals surface area contributed by atoms with Crippen LogP contribution in [-0.2, 0) is 12.8 Å². The minimum Gasteiger partial charge on any atom is -0.264 e. The maximum atomic E-state index is 4.44. The third-order valence-corrected chi connectivity index (χ3v) is 18.7. The fourth-order valence-corrected chi connectivity index (χ4v) is 12.7. The van der Waals surface area contributed by atoms with E-state index in [4.69, 9.17) is 0 Å².